The Kier molecular flexibility index (Phi) is 6.20. The van der Waals surface area contributed by atoms with Gasteiger partial charge in [-0.25, -0.2) is 0 Å². The first-order valence-electron chi connectivity index (χ1n) is 7.85. The zero-order valence-corrected chi connectivity index (χ0v) is 14.2. The minimum Gasteiger partial charge on any atom is -0.385 e. The molecule has 0 aromatic rings. The Morgan fingerprint density at radius 1 is 1.33 bits per heavy atom. The molecule has 122 valence electrons. The second-order valence-electron chi connectivity index (χ2n) is 6.99. The molecule has 0 radical (unpaired) electrons. The lowest BCUT2D eigenvalue weighted by atomic mass is 9.82. The van der Waals surface area contributed by atoms with Gasteiger partial charge in [0.1, 0.15) is 12.1 Å². The molecule has 5 nitrogen and oxygen atoms in total. The van der Waals surface area contributed by atoms with Gasteiger partial charge in [0.15, 0.2) is 0 Å². The number of carbonyl (C=O) groups is 2. The summed E-state index contributed by atoms with van der Waals surface area (Å²) >= 11 is 0. The fraction of sp³-hybridized carbons (Fsp3) is 0.875. The lowest BCUT2D eigenvalue weighted by Gasteiger charge is -2.47. The lowest BCUT2D eigenvalue weighted by Crippen LogP contribution is -2.68. The largest absolute Gasteiger partial charge is 0.385 e. The Labute approximate surface area is 128 Å². The smallest absolute Gasteiger partial charge is 0.246 e. The van der Waals surface area contributed by atoms with E-state index < -0.39 is 6.04 Å². The molecule has 1 aliphatic rings. The Bertz CT molecular complexity index is 376. The topological polar surface area (TPSA) is 58.6 Å². The van der Waals surface area contributed by atoms with Crippen LogP contribution in [0.1, 0.15) is 53.9 Å². The van der Waals surface area contributed by atoms with Crippen LogP contribution in [0.2, 0.25) is 0 Å². The Morgan fingerprint density at radius 2 is 1.95 bits per heavy atom. The van der Waals surface area contributed by atoms with Crippen molar-refractivity contribution in [3.8, 4) is 0 Å². The van der Waals surface area contributed by atoms with E-state index in [2.05, 4.69) is 5.32 Å². The van der Waals surface area contributed by atoms with E-state index in [0.29, 0.717) is 13.0 Å². The van der Waals surface area contributed by atoms with Crippen LogP contribution in [0.3, 0.4) is 0 Å². The van der Waals surface area contributed by atoms with Crippen LogP contribution in [0.5, 0.6) is 0 Å². The van der Waals surface area contributed by atoms with Gasteiger partial charge in [0.2, 0.25) is 11.8 Å². The summed E-state index contributed by atoms with van der Waals surface area (Å²) in [4.78, 5) is 27.1. The number of amides is 2. The maximum atomic E-state index is 12.8. The number of nitrogens with zero attached hydrogens (tertiary/aromatic N) is 1. The van der Waals surface area contributed by atoms with Crippen molar-refractivity contribution in [3.05, 3.63) is 0 Å². The molecule has 0 spiro atoms. The minimum atomic E-state index is -0.426. The standard InChI is InChI=1S/C16H30N2O3/c1-7-8-12-15(20)18(11(2)9-10-21-6)13(14(19)17-12)16(3,4)5/h11-13H,7-10H2,1-6H3,(H,17,19). The van der Waals surface area contributed by atoms with Gasteiger partial charge in [-0.3, -0.25) is 9.59 Å². The normalized spacial score (nSPS) is 25.0. The fourth-order valence-corrected chi connectivity index (χ4v) is 2.94. The first-order chi connectivity index (χ1) is 9.73. The third kappa shape index (κ3) is 4.19. The quantitative estimate of drug-likeness (QED) is 0.815. The van der Waals surface area contributed by atoms with Crippen LogP contribution in [0, 0.1) is 5.41 Å². The Balaban J connectivity index is 3.05. The summed E-state index contributed by atoms with van der Waals surface area (Å²) in [7, 11) is 1.65. The third-order valence-corrected chi connectivity index (χ3v) is 4.01. The summed E-state index contributed by atoms with van der Waals surface area (Å²) in [5, 5.41) is 2.90. The number of rotatable bonds is 6. The van der Waals surface area contributed by atoms with Crippen LogP contribution in [0.4, 0.5) is 0 Å². The van der Waals surface area contributed by atoms with E-state index >= 15 is 0 Å². The van der Waals surface area contributed by atoms with Gasteiger partial charge in [-0.05, 0) is 25.2 Å². The second kappa shape index (κ2) is 7.25. The highest BCUT2D eigenvalue weighted by Gasteiger charge is 2.47. The van der Waals surface area contributed by atoms with Crippen molar-refractivity contribution >= 4 is 11.8 Å². The van der Waals surface area contributed by atoms with E-state index in [-0.39, 0.29) is 29.3 Å². The molecular formula is C16H30N2O3. The summed E-state index contributed by atoms with van der Waals surface area (Å²) in [6.45, 7) is 10.6. The third-order valence-electron chi connectivity index (χ3n) is 4.01. The van der Waals surface area contributed by atoms with Crippen molar-refractivity contribution in [2.75, 3.05) is 13.7 Å². The number of hydrogen-bond acceptors (Lipinski definition) is 3. The van der Waals surface area contributed by atoms with E-state index in [1.807, 2.05) is 34.6 Å². The predicted octanol–water partition coefficient (Wildman–Crippen LogP) is 1.95. The molecule has 1 heterocycles. The molecular weight excluding hydrogens is 268 g/mol. The predicted molar refractivity (Wildman–Crippen MR) is 82.9 cm³/mol. The zero-order valence-electron chi connectivity index (χ0n) is 14.2. The molecule has 0 saturated carbocycles. The van der Waals surface area contributed by atoms with E-state index in [9.17, 15) is 9.59 Å². The molecule has 0 aromatic heterocycles. The number of nitrogens with one attached hydrogen (secondary N) is 1. The summed E-state index contributed by atoms with van der Waals surface area (Å²) in [5.74, 6) is 0.00444. The maximum Gasteiger partial charge on any atom is 0.246 e. The van der Waals surface area contributed by atoms with Crippen LogP contribution in [-0.4, -0.2) is 48.6 Å². The van der Waals surface area contributed by atoms with Crippen molar-refractivity contribution in [1.82, 2.24) is 10.2 Å². The van der Waals surface area contributed by atoms with Crippen LogP contribution in [0.25, 0.3) is 0 Å². The van der Waals surface area contributed by atoms with E-state index in [4.69, 9.17) is 4.74 Å². The molecule has 1 fully saturated rings. The van der Waals surface area contributed by atoms with Crippen LogP contribution in [-0.2, 0) is 14.3 Å². The molecule has 0 bridgehead atoms. The van der Waals surface area contributed by atoms with Gasteiger partial charge in [0.05, 0.1) is 0 Å². The first-order valence-corrected chi connectivity index (χ1v) is 7.85. The van der Waals surface area contributed by atoms with Gasteiger partial charge in [0, 0.05) is 19.8 Å². The Morgan fingerprint density at radius 3 is 2.43 bits per heavy atom. The second-order valence-corrected chi connectivity index (χ2v) is 6.99. The molecule has 3 unspecified atom stereocenters. The summed E-state index contributed by atoms with van der Waals surface area (Å²) in [6.07, 6.45) is 2.30. The first kappa shape index (κ1) is 18.0. The number of piperazine rings is 1. The van der Waals surface area contributed by atoms with Crippen LogP contribution >= 0.6 is 0 Å². The number of ether oxygens (including phenoxy) is 1. The highest BCUT2D eigenvalue weighted by molar-refractivity contribution is 5.97. The summed E-state index contributed by atoms with van der Waals surface area (Å²) < 4.78 is 5.12. The van der Waals surface area contributed by atoms with E-state index in [1.54, 1.807) is 12.0 Å². The number of methoxy groups -OCH3 is 1. The molecule has 1 aliphatic heterocycles. The van der Waals surface area contributed by atoms with Gasteiger partial charge in [-0.1, -0.05) is 34.1 Å². The molecule has 1 N–H and O–H groups in total. The van der Waals surface area contributed by atoms with Crippen LogP contribution in [0.15, 0.2) is 0 Å². The fourth-order valence-electron chi connectivity index (χ4n) is 2.94. The van der Waals surface area contributed by atoms with Gasteiger partial charge in [-0.15, -0.1) is 0 Å². The lowest BCUT2D eigenvalue weighted by molar-refractivity contribution is -0.157. The molecule has 1 saturated heterocycles. The number of hydrogen-bond donors (Lipinski definition) is 1. The molecule has 5 heteroatoms. The van der Waals surface area contributed by atoms with Crippen molar-refractivity contribution < 1.29 is 14.3 Å². The highest BCUT2D eigenvalue weighted by Crippen LogP contribution is 2.30. The molecule has 0 aliphatic carbocycles. The van der Waals surface area contributed by atoms with Crippen molar-refractivity contribution in [2.24, 2.45) is 5.41 Å². The van der Waals surface area contributed by atoms with Gasteiger partial charge < -0.3 is 15.0 Å². The van der Waals surface area contributed by atoms with Crippen molar-refractivity contribution in [3.63, 3.8) is 0 Å². The van der Waals surface area contributed by atoms with E-state index in [0.717, 1.165) is 12.8 Å². The van der Waals surface area contributed by atoms with Crippen LogP contribution < -0.4 is 5.32 Å². The molecule has 3 atom stereocenters. The summed E-state index contributed by atoms with van der Waals surface area (Å²) in [6, 6.07) is -0.817. The summed E-state index contributed by atoms with van der Waals surface area (Å²) in [5.41, 5.74) is -0.293. The van der Waals surface area contributed by atoms with E-state index in [1.165, 1.54) is 0 Å². The zero-order chi connectivity index (χ0) is 16.2. The average molecular weight is 298 g/mol. The average Bonchev–Trinajstić information content (AvgIpc) is 2.38. The SMILES string of the molecule is CCCC1NC(=O)C(C(C)(C)C)N(C(C)CCOC)C1=O. The molecule has 2 amide bonds. The molecule has 0 aromatic carbocycles. The molecule has 21 heavy (non-hydrogen) atoms. The Hall–Kier alpha value is -1.10. The number of carbonyl (C=O) groups excluding carboxylic acids is 2. The highest BCUT2D eigenvalue weighted by atomic mass is 16.5. The molecule has 1 rings (SSSR count). The van der Waals surface area contributed by atoms with Gasteiger partial charge in [0.25, 0.3) is 0 Å². The van der Waals surface area contributed by atoms with Gasteiger partial charge >= 0.3 is 0 Å². The van der Waals surface area contributed by atoms with Crippen molar-refractivity contribution in [1.29, 1.82) is 0 Å². The monoisotopic (exact) mass is 298 g/mol. The minimum absolute atomic E-state index is 0.00733. The van der Waals surface area contributed by atoms with Crippen molar-refractivity contribution in [2.45, 2.75) is 72.0 Å². The van der Waals surface area contributed by atoms with Gasteiger partial charge in [-0.2, -0.15) is 0 Å². The maximum absolute atomic E-state index is 12.8.